The van der Waals surface area contributed by atoms with E-state index in [0.717, 1.165) is 33.5 Å². The maximum atomic E-state index is 12.6. The summed E-state index contributed by atoms with van der Waals surface area (Å²) in [5.41, 5.74) is 5.79. The zero-order chi connectivity index (χ0) is 22.4. The number of hydrogen-bond donors (Lipinski definition) is 2. The number of nitrogens with one attached hydrogen (secondary N) is 2. The molecule has 0 saturated carbocycles. The lowest BCUT2D eigenvalue weighted by atomic mass is 10.1. The van der Waals surface area contributed by atoms with Gasteiger partial charge in [0.05, 0.1) is 11.2 Å². The Morgan fingerprint density at radius 3 is 2.88 bits per heavy atom. The Bertz CT molecular complexity index is 1390. The summed E-state index contributed by atoms with van der Waals surface area (Å²) in [4.78, 5) is 29.2. The lowest BCUT2D eigenvalue weighted by molar-refractivity contribution is -0.122. The molecule has 162 valence electrons. The average molecular weight is 429 g/mol. The Morgan fingerprint density at radius 2 is 2.03 bits per heavy atom. The molecule has 1 atom stereocenters. The standard InChI is InChI=1S/C24H23N5O3/c1-13-17(14(2)29-23(25-13)18-6-4-5-7-19(18)28-29)9-11-22(30)26-16-8-10-21-20(12-16)27-24(31)15(3)32-21/h4-8,10,12,15H,9,11H2,1-3H3,(H,26,30)(H,27,31). The molecule has 5 rings (SSSR count). The van der Waals surface area contributed by atoms with E-state index in [-0.39, 0.29) is 11.8 Å². The fourth-order valence-corrected chi connectivity index (χ4v) is 4.09. The van der Waals surface area contributed by atoms with Gasteiger partial charge in [-0.15, -0.1) is 0 Å². The topological polar surface area (TPSA) is 97.6 Å². The molecule has 0 bridgehead atoms. The van der Waals surface area contributed by atoms with Crippen LogP contribution in [0.3, 0.4) is 0 Å². The van der Waals surface area contributed by atoms with E-state index in [2.05, 4.69) is 15.7 Å². The third-order valence-electron chi connectivity index (χ3n) is 5.81. The summed E-state index contributed by atoms with van der Waals surface area (Å²) < 4.78 is 7.41. The quantitative estimate of drug-likeness (QED) is 0.514. The van der Waals surface area contributed by atoms with Crippen molar-refractivity contribution in [3.8, 4) is 5.75 Å². The Labute approximate surface area is 184 Å². The van der Waals surface area contributed by atoms with Gasteiger partial charge in [0.25, 0.3) is 5.91 Å². The zero-order valence-corrected chi connectivity index (χ0v) is 18.1. The van der Waals surface area contributed by atoms with Gasteiger partial charge in [0.1, 0.15) is 5.75 Å². The number of aromatic nitrogens is 3. The first-order valence-electron chi connectivity index (χ1n) is 10.6. The van der Waals surface area contributed by atoms with Gasteiger partial charge in [0.15, 0.2) is 11.8 Å². The van der Waals surface area contributed by atoms with Crippen molar-refractivity contribution in [1.82, 2.24) is 14.6 Å². The molecule has 0 radical (unpaired) electrons. The minimum Gasteiger partial charge on any atom is -0.479 e. The van der Waals surface area contributed by atoms with Gasteiger partial charge in [-0.2, -0.15) is 5.10 Å². The highest BCUT2D eigenvalue weighted by atomic mass is 16.5. The summed E-state index contributed by atoms with van der Waals surface area (Å²) in [5, 5.41) is 11.4. The zero-order valence-electron chi connectivity index (χ0n) is 18.1. The first-order valence-corrected chi connectivity index (χ1v) is 10.6. The first kappa shape index (κ1) is 20.0. The van der Waals surface area contributed by atoms with Crippen LogP contribution in [0, 0.1) is 13.8 Å². The molecule has 8 nitrogen and oxygen atoms in total. The van der Waals surface area contributed by atoms with Crippen LogP contribution in [0.2, 0.25) is 0 Å². The Hall–Kier alpha value is -3.94. The summed E-state index contributed by atoms with van der Waals surface area (Å²) in [5.74, 6) is 0.263. The van der Waals surface area contributed by atoms with Crippen molar-refractivity contribution >= 4 is 39.7 Å². The van der Waals surface area contributed by atoms with Crippen LogP contribution < -0.4 is 15.4 Å². The largest absolute Gasteiger partial charge is 0.479 e. The van der Waals surface area contributed by atoms with Gasteiger partial charge >= 0.3 is 0 Å². The molecule has 2 aromatic heterocycles. The second kappa shape index (κ2) is 7.64. The van der Waals surface area contributed by atoms with Gasteiger partial charge in [0, 0.05) is 28.9 Å². The van der Waals surface area contributed by atoms with Gasteiger partial charge in [0.2, 0.25) is 5.91 Å². The molecule has 0 saturated heterocycles. The normalized spacial score (nSPS) is 15.3. The number of aryl methyl sites for hydroxylation is 2. The lowest BCUT2D eigenvalue weighted by Crippen LogP contribution is -2.34. The molecule has 0 fully saturated rings. The Kier molecular flexibility index (Phi) is 4.77. The van der Waals surface area contributed by atoms with Crippen molar-refractivity contribution in [1.29, 1.82) is 0 Å². The van der Waals surface area contributed by atoms with Crippen molar-refractivity contribution in [2.45, 2.75) is 39.7 Å². The van der Waals surface area contributed by atoms with E-state index in [1.54, 1.807) is 25.1 Å². The number of anilines is 2. The average Bonchev–Trinajstić information content (AvgIpc) is 3.13. The number of carbonyl (C=O) groups is 2. The van der Waals surface area contributed by atoms with Gasteiger partial charge < -0.3 is 15.4 Å². The second-order valence-electron chi connectivity index (χ2n) is 8.02. The third-order valence-corrected chi connectivity index (χ3v) is 5.81. The van der Waals surface area contributed by atoms with E-state index < -0.39 is 6.10 Å². The predicted molar refractivity (Wildman–Crippen MR) is 122 cm³/mol. The number of fused-ring (bicyclic) bond motifs is 4. The van der Waals surface area contributed by atoms with Crippen LogP contribution in [0.1, 0.15) is 30.3 Å². The van der Waals surface area contributed by atoms with E-state index >= 15 is 0 Å². The number of amides is 2. The van der Waals surface area contributed by atoms with Crippen molar-refractivity contribution < 1.29 is 14.3 Å². The molecule has 2 N–H and O–H groups in total. The van der Waals surface area contributed by atoms with Crippen LogP contribution in [0.4, 0.5) is 11.4 Å². The molecular weight excluding hydrogens is 406 g/mol. The molecule has 32 heavy (non-hydrogen) atoms. The number of nitrogens with zero attached hydrogens (tertiary/aromatic N) is 3. The van der Waals surface area contributed by atoms with Crippen LogP contribution in [-0.2, 0) is 16.0 Å². The highest BCUT2D eigenvalue weighted by molar-refractivity contribution is 5.99. The Morgan fingerprint density at radius 1 is 1.22 bits per heavy atom. The van der Waals surface area contributed by atoms with Crippen molar-refractivity contribution in [2.75, 3.05) is 10.6 Å². The van der Waals surface area contributed by atoms with E-state index in [1.165, 1.54) is 0 Å². The van der Waals surface area contributed by atoms with E-state index in [9.17, 15) is 9.59 Å². The molecular formula is C24H23N5O3. The molecule has 0 aliphatic carbocycles. The molecule has 1 aliphatic rings. The maximum absolute atomic E-state index is 12.6. The van der Waals surface area contributed by atoms with Gasteiger partial charge in [-0.25, -0.2) is 9.50 Å². The highest BCUT2D eigenvalue weighted by Gasteiger charge is 2.23. The monoisotopic (exact) mass is 429 g/mol. The first-order chi connectivity index (χ1) is 15.4. The molecule has 1 unspecified atom stereocenters. The van der Waals surface area contributed by atoms with Crippen molar-refractivity contribution in [3.05, 3.63) is 59.4 Å². The van der Waals surface area contributed by atoms with Crippen molar-refractivity contribution in [2.24, 2.45) is 0 Å². The lowest BCUT2D eigenvalue weighted by Gasteiger charge is -2.23. The molecule has 0 spiro atoms. The minimum absolute atomic E-state index is 0.120. The summed E-state index contributed by atoms with van der Waals surface area (Å²) in [6.07, 6.45) is 0.310. The number of carbonyl (C=O) groups excluding carboxylic acids is 2. The molecule has 2 aromatic carbocycles. The second-order valence-corrected chi connectivity index (χ2v) is 8.02. The van der Waals surface area contributed by atoms with E-state index in [0.29, 0.717) is 30.0 Å². The number of benzene rings is 2. The molecule has 1 aliphatic heterocycles. The summed E-state index contributed by atoms with van der Waals surface area (Å²) in [6.45, 7) is 5.67. The smallest absolute Gasteiger partial charge is 0.265 e. The fourth-order valence-electron chi connectivity index (χ4n) is 4.09. The minimum atomic E-state index is -0.534. The number of ether oxygens (including phenoxy) is 1. The number of hydrogen-bond acceptors (Lipinski definition) is 5. The van der Waals surface area contributed by atoms with E-state index in [4.69, 9.17) is 9.72 Å². The third kappa shape index (κ3) is 3.43. The van der Waals surface area contributed by atoms with Gasteiger partial charge in [-0.05, 0) is 63.1 Å². The fraction of sp³-hybridized carbons (Fsp3) is 0.250. The van der Waals surface area contributed by atoms with E-state index in [1.807, 2.05) is 42.6 Å². The molecule has 4 aromatic rings. The molecule has 3 heterocycles. The highest BCUT2D eigenvalue weighted by Crippen LogP contribution is 2.32. The summed E-state index contributed by atoms with van der Waals surface area (Å²) in [6, 6.07) is 13.1. The van der Waals surface area contributed by atoms with Crippen LogP contribution in [0.5, 0.6) is 5.75 Å². The summed E-state index contributed by atoms with van der Waals surface area (Å²) in [7, 11) is 0. The van der Waals surface area contributed by atoms with Crippen LogP contribution in [0.25, 0.3) is 16.6 Å². The van der Waals surface area contributed by atoms with Crippen molar-refractivity contribution in [3.63, 3.8) is 0 Å². The van der Waals surface area contributed by atoms with Crippen LogP contribution in [0.15, 0.2) is 42.5 Å². The maximum Gasteiger partial charge on any atom is 0.265 e. The van der Waals surface area contributed by atoms with Gasteiger partial charge in [-0.3, -0.25) is 9.59 Å². The number of rotatable bonds is 4. The molecule has 8 heteroatoms. The SMILES string of the molecule is Cc1nc2c3ccccc3nn2c(C)c1CCC(=O)Nc1ccc2c(c1)NC(=O)C(C)O2. The summed E-state index contributed by atoms with van der Waals surface area (Å²) >= 11 is 0. The Balaban J connectivity index is 1.33. The van der Waals surface area contributed by atoms with Crippen LogP contribution >= 0.6 is 0 Å². The molecule has 2 amide bonds. The van der Waals surface area contributed by atoms with Gasteiger partial charge in [-0.1, -0.05) is 12.1 Å². The predicted octanol–water partition coefficient (Wildman–Crippen LogP) is 3.79. The van der Waals surface area contributed by atoms with Crippen LogP contribution in [-0.4, -0.2) is 32.5 Å².